The van der Waals surface area contributed by atoms with Gasteiger partial charge in [0, 0.05) is 11.1 Å². The first kappa shape index (κ1) is 14.0. The third kappa shape index (κ3) is 2.47. The smallest absolute Gasteiger partial charge is 0.221 e. The average Bonchev–Trinajstić information content (AvgIpc) is 2.74. The van der Waals surface area contributed by atoms with Gasteiger partial charge in [0.2, 0.25) is 5.95 Å². The summed E-state index contributed by atoms with van der Waals surface area (Å²) in [5.74, 6) is -1.53. The molecule has 0 fully saturated rings. The number of anilines is 1. The minimum Gasteiger partial charge on any atom is -0.496 e. The summed E-state index contributed by atoms with van der Waals surface area (Å²) >= 11 is 0. The lowest BCUT2D eigenvalue weighted by Crippen LogP contribution is -2.02. The highest BCUT2D eigenvalue weighted by atomic mass is 19.2. The summed E-state index contributed by atoms with van der Waals surface area (Å²) in [6.45, 7) is 3.19. The third-order valence-electron chi connectivity index (χ3n) is 2.81. The van der Waals surface area contributed by atoms with E-state index in [1.54, 1.807) is 13.1 Å². The number of nitrogens with zero attached hydrogens (tertiary/aromatic N) is 3. The second kappa shape index (κ2) is 5.28. The first-order chi connectivity index (χ1) is 9.43. The SMILES string of the molecule is COc1cc(C=Nn2cc(C)nc2N)c(F)c(F)c1C. The zero-order valence-electron chi connectivity index (χ0n) is 11.3. The van der Waals surface area contributed by atoms with E-state index in [1.807, 2.05) is 0 Å². The molecule has 0 atom stereocenters. The van der Waals surface area contributed by atoms with Crippen molar-refractivity contribution in [1.29, 1.82) is 0 Å². The first-order valence-corrected chi connectivity index (χ1v) is 5.82. The topological polar surface area (TPSA) is 65.4 Å². The van der Waals surface area contributed by atoms with E-state index in [2.05, 4.69) is 10.1 Å². The second-order valence-electron chi connectivity index (χ2n) is 4.25. The van der Waals surface area contributed by atoms with Gasteiger partial charge in [0.25, 0.3) is 0 Å². The van der Waals surface area contributed by atoms with Gasteiger partial charge in [0.1, 0.15) is 5.75 Å². The van der Waals surface area contributed by atoms with Crippen LogP contribution in [0.3, 0.4) is 0 Å². The summed E-state index contributed by atoms with van der Waals surface area (Å²) in [7, 11) is 1.39. The molecule has 2 aromatic rings. The Balaban J connectivity index is 2.43. The van der Waals surface area contributed by atoms with Gasteiger partial charge < -0.3 is 10.5 Å². The average molecular weight is 280 g/mol. The summed E-state index contributed by atoms with van der Waals surface area (Å²) in [6, 6.07) is 1.37. The highest BCUT2D eigenvalue weighted by Crippen LogP contribution is 2.25. The fourth-order valence-corrected chi connectivity index (χ4v) is 1.74. The molecule has 2 rings (SSSR count). The summed E-state index contributed by atoms with van der Waals surface area (Å²) in [4.78, 5) is 3.95. The van der Waals surface area contributed by atoms with Crippen LogP contribution in [-0.2, 0) is 0 Å². The summed E-state index contributed by atoms with van der Waals surface area (Å²) < 4.78 is 33.8. The molecule has 0 unspecified atom stereocenters. The van der Waals surface area contributed by atoms with Gasteiger partial charge in [-0.05, 0) is 19.9 Å². The molecule has 1 aromatic carbocycles. The number of imidazole rings is 1. The monoisotopic (exact) mass is 280 g/mol. The van der Waals surface area contributed by atoms with E-state index >= 15 is 0 Å². The van der Waals surface area contributed by atoms with E-state index in [0.717, 1.165) is 6.21 Å². The normalized spacial score (nSPS) is 11.2. The van der Waals surface area contributed by atoms with E-state index in [0.29, 0.717) is 5.69 Å². The second-order valence-corrected chi connectivity index (χ2v) is 4.25. The Kier molecular flexibility index (Phi) is 3.69. The van der Waals surface area contributed by atoms with Gasteiger partial charge in [-0.3, -0.25) is 0 Å². The molecule has 0 bridgehead atoms. The van der Waals surface area contributed by atoms with Crippen LogP contribution in [-0.4, -0.2) is 23.0 Å². The van der Waals surface area contributed by atoms with Crippen molar-refractivity contribution in [2.24, 2.45) is 5.10 Å². The van der Waals surface area contributed by atoms with Gasteiger partial charge in [-0.25, -0.2) is 18.4 Å². The molecule has 0 saturated heterocycles. The quantitative estimate of drug-likeness (QED) is 0.877. The Labute approximate surface area is 114 Å². The number of rotatable bonds is 3. The van der Waals surface area contributed by atoms with Crippen molar-refractivity contribution in [2.75, 3.05) is 12.8 Å². The molecule has 0 radical (unpaired) electrons. The molecule has 0 aliphatic heterocycles. The van der Waals surface area contributed by atoms with Crippen LogP contribution in [0.5, 0.6) is 5.75 Å². The van der Waals surface area contributed by atoms with E-state index in [4.69, 9.17) is 10.5 Å². The first-order valence-electron chi connectivity index (χ1n) is 5.82. The van der Waals surface area contributed by atoms with E-state index in [1.165, 1.54) is 24.8 Å². The Morgan fingerprint density at radius 3 is 2.60 bits per heavy atom. The van der Waals surface area contributed by atoms with Crippen LogP contribution in [0.4, 0.5) is 14.7 Å². The standard InChI is InChI=1S/C13H14F2N4O/c1-7-6-19(13(16)18-7)17-5-9-4-10(20-3)8(2)11(14)12(9)15/h4-6H,1-3H3,(H2,16,18). The van der Waals surface area contributed by atoms with Crippen LogP contribution in [0.15, 0.2) is 17.4 Å². The van der Waals surface area contributed by atoms with Crippen LogP contribution in [0.25, 0.3) is 0 Å². The lowest BCUT2D eigenvalue weighted by Gasteiger charge is -2.08. The van der Waals surface area contributed by atoms with Gasteiger partial charge in [-0.15, -0.1) is 0 Å². The van der Waals surface area contributed by atoms with Gasteiger partial charge in [-0.2, -0.15) is 5.10 Å². The zero-order chi connectivity index (χ0) is 14.9. The highest BCUT2D eigenvalue weighted by molar-refractivity contribution is 5.81. The molecule has 0 saturated carbocycles. The molecular formula is C13H14F2N4O. The third-order valence-corrected chi connectivity index (χ3v) is 2.81. The molecule has 5 nitrogen and oxygen atoms in total. The number of ether oxygens (including phenoxy) is 1. The van der Waals surface area contributed by atoms with Gasteiger partial charge in [-0.1, -0.05) is 0 Å². The number of aryl methyl sites for hydroxylation is 1. The van der Waals surface area contributed by atoms with E-state index < -0.39 is 11.6 Å². The molecule has 106 valence electrons. The number of methoxy groups -OCH3 is 1. The number of halogens is 2. The molecule has 1 heterocycles. The van der Waals surface area contributed by atoms with Crippen molar-refractivity contribution in [2.45, 2.75) is 13.8 Å². The van der Waals surface area contributed by atoms with Crippen LogP contribution in [0.2, 0.25) is 0 Å². The summed E-state index contributed by atoms with van der Waals surface area (Å²) in [6.07, 6.45) is 2.74. The number of nitrogen functional groups attached to an aromatic ring is 1. The Bertz CT molecular complexity index is 679. The fourth-order valence-electron chi connectivity index (χ4n) is 1.74. The van der Waals surface area contributed by atoms with Crippen molar-refractivity contribution in [3.8, 4) is 5.75 Å². The van der Waals surface area contributed by atoms with Crippen molar-refractivity contribution >= 4 is 12.2 Å². The zero-order valence-corrected chi connectivity index (χ0v) is 11.3. The minimum absolute atomic E-state index is 0.0318. The van der Waals surface area contributed by atoms with Crippen molar-refractivity contribution in [3.05, 3.63) is 40.7 Å². The van der Waals surface area contributed by atoms with Gasteiger partial charge in [0.05, 0.1) is 25.2 Å². The lowest BCUT2D eigenvalue weighted by molar-refractivity contribution is 0.401. The molecule has 0 aliphatic carbocycles. The Hall–Kier alpha value is -2.44. The number of hydrogen-bond acceptors (Lipinski definition) is 4. The van der Waals surface area contributed by atoms with E-state index in [9.17, 15) is 8.78 Å². The molecule has 1 aromatic heterocycles. The van der Waals surface area contributed by atoms with Crippen LogP contribution < -0.4 is 10.5 Å². The van der Waals surface area contributed by atoms with Crippen LogP contribution in [0, 0.1) is 25.5 Å². The number of aromatic nitrogens is 2. The van der Waals surface area contributed by atoms with Crippen LogP contribution in [0.1, 0.15) is 16.8 Å². The predicted octanol–water partition coefficient (Wildman–Crippen LogP) is 2.25. The highest BCUT2D eigenvalue weighted by Gasteiger charge is 2.15. The van der Waals surface area contributed by atoms with Crippen molar-refractivity contribution < 1.29 is 13.5 Å². The Morgan fingerprint density at radius 2 is 2.05 bits per heavy atom. The molecule has 0 amide bonds. The lowest BCUT2D eigenvalue weighted by atomic mass is 10.1. The largest absolute Gasteiger partial charge is 0.496 e. The van der Waals surface area contributed by atoms with E-state index in [-0.39, 0.29) is 22.8 Å². The minimum atomic E-state index is -0.984. The van der Waals surface area contributed by atoms with Crippen LogP contribution >= 0.6 is 0 Å². The van der Waals surface area contributed by atoms with Gasteiger partial charge >= 0.3 is 0 Å². The molecule has 20 heavy (non-hydrogen) atoms. The maximum Gasteiger partial charge on any atom is 0.221 e. The number of hydrogen-bond donors (Lipinski definition) is 1. The van der Waals surface area contributed by atoms with Crippen molar-refractivity contribution in [1.82, 2.24) is 9.66 Å². The molecule has 0 spiro atoms. The van der Waals surface area contributed by atoms with Gasteiger partial charge in [0.15, 0.2) is 11.6 Å². The molecule has 7 heteroatoms. The molecule has 0 aliphatic rings. The maximum absolute atomic E-state index is 13.8. The summed E-state index contributed by atoms with van der Waals surface area (Å²) in [5.41, 5.74) is 6.35. The predicted molar refractivity (Wildman–Crippen MR) is 72.0 cm³/mol. The molecule has 2 N–H and O–H groups in total. The van der Waals surface area contributed by atoms with Crippen molar-refractivity contribution in [3.63, 3.8) is 0 Å². The Morgan fingerprint density at radius 1 is 1.35 bits per heavy atom. The number of nitrogens with two attached hydrogens (primary N) is 1. The fraction of sp³-hybridized carbons (Fsp3) is 0.231. The molecular weight excluding hydrogens is 266 g/mol. The number of benzene rings is 1. The summed E-state index contributed by atoms with van der Waals surface area (Å²) in [5, 5.41) is 3.95. The maximum atomic E-state index is 13.8.